The van der Waals surface area contributed by atoms with Gasteiger partial charge in [0, 0.05) is 38.9 Å². The molecule has 1 N–H and O–H groups in total. The van der Waals surface area contributed by atoms with Gasteiger partial charge in [0.25, 0.3) is 0 Å². The van der Waals surface area contributed by atoms with E-state index in [1.807, 2.05) is 18.3 Å². The van der Waals surface area contributed by atoms with E-state index < -0.39 is 0 Å². The summed E-state index contributed by atoms with van der Waals surface area (Å²) in [6.07, 6.45) is 1.83. The van der Waals surface area contributed by atoms with Gasteiger partial charge in [0.2, 0.25) is 0 Å². The van der Waals surface area contributed by atoms with Gasteiger partial charge < -0.3 is 14.8 Å². The Labute approximate surface area is 125 Å². The van der Waals surface area contributed by atoms with Crippen molar-refractivity contribution < 1.29 is 9.47 Å². The molecule has 112 valence electrons. The summed E-state index contributed by atoms with van der Waals surface area (Å²) in [6, 6.07) is 3.85. The van der Waals surface area contributed by atoms with Crippen LogP contribution in [0, 0.1) is 0 Å². The van der Waals surface area contributed by atoms with Crippen LogP contribution in [-0.2, 0) is 16.0 Å². The van der Waals surface area contributed by atoms with Crippen LogP contribution in [0.3, 0.4) is 0 Å². The predicted molar refractivity (Wildman–Crippen MR) is 79.0 cm³/mol. The lowest BCUT2D eigenvalue weighted by atomic mass is 10.2. The van der Waals surface area contributed by atoms with E-state index in [-0.39, 0.29) is 0 Å². The van der Waals surface area contributed by atoms with E-state index in [0.29, 0.717) is 5.15 Å². The number of hydrogen-bond acceptors (Lipinski definition) is 5. The SMILES string of the molecule is C1COCCN1.Clc1ccc(CN2CCOCC2)cn1. The first-order chi connectivity index (χ1) is 9.84. The quantitative estimate of drug-likeness (QED) is 0.831. The van der Waals surface area contributed by atoms with Crippen LogP contribution in [0.4, 0.5) is 0 Å². The summed E-state index contributed by atoms with van der Waals surface area (Å²) in [5.74, 6) is 0. The maximum absolute atomic E-state index is 5.71. The van der Waals surface area contributed by atoms with Crippen LogP contribution in [0.2, 0.25) is 5.15 Å². The Morgan fingerprint density at radius 3 is 2.30 bits per heavy atom. The lowest BCUT2D eigenvalue weighted by Crippen LogP contribution is -2.35. The van der Waals surface area contributed by atoms with E-state index in [0.717, 1.165) is 59.2 Å². The molecule has 0 saturated carbocycles. The van der Waals surface area contributed by atoms with Crippen LogP contribution in [0.25, 0.3) is 0 Å². The molecule has 2 aliphatic heterocycles. The first kappa shape index (κ1) is 15.7. The van der Waals surface area contributed by atoms with E-state index in [1.165, 1.54) is 5.56 Å². The second-order valence-electron chi connectivity index (χ2n) is 4.74. The Hall–Kier alpha value is -0.720. The maximum Gasteiger partial charge on any atom is 0.129 e. The minimum atomic E-state index is 0.552. The molecule has 1 aromatic heterocycles. The Balaban J connectivity index is 0.000000205. The van der Waals surface area contributed by atoms with Gasteiger partial charge in [-0.3, -0.25) is 4.90 Å². The van der Waals surface area contributed by atoms with Gasteiger partial charge in [-0.05, 0) is 11.6 Å². The van der Waals surface area contributed by atoms with Gasteiger partial charge in [-0.15, -0.1) is 0 Å². The van der Waals surface area contributed by atoms with E-state index in [9.17, 15) is 0 Å². The molecule has 0 radical (unpaired) electrons. The average Bonchev–Trinajstić information content (AvgIpc) is 2.53. The molecule has 3 heterocycles. The summed E-state index contributed by atoms with van der Waals surface area (Å²) in [5.41, 5.74) is 1.20. The number of ether oxygens (including phenoxy) is 2. The molecule has 2 aliphatic rings. The molecule has 5 nitrogen and oxygen atoms in total. The van der Waals surface area contributed by atoms with Crippen molar-refractivity contribution in [1.82, 2.24) is 15.2 Å². The summed E-state index contributed by atoms with van der Waals surface area (Å²) < 4.78 is 10.3. The first-order valence-electron chi connectivity index (χ1n) is 7.03. The fraction of sp³-hybridized carbons (Fsp3) is 0.643. The van der Waals surface area contributed by atoms with Crippen molar-refractivity contribution in [3.63, 3.8) is 0 Å². The summed E-state index contributed by atoms with van der Waals surface area (Å²) in [6.45, 7) is 8.45. The summed E-state index contributed by atoms with van der Waals surface area (Å²) >= 11 is 5.71. The van der Waals surface area contributed by atoms with Crippen LogP contribution in [-0.4, -0.2) is 62.5 Å². The number of pyridine rings is 1. The highest BCUT2D eigenvalue weighted by atomic mass is 35.5. The molecule has 20 heavy (non-hydrogen) atoms. The van der Waals surface area contributed by atoms with Gasteiger partial charge in [0.05, 0.1) is 26.4 Å². The second-order valence-corrected chi connectivity index (χ2v) is 5.13. The van der Waals surface area contributed by atoms with Gasteiger partial charge in [0.1, 0.15) is 5.15 Å². The van der Waals surface area contributed by atoms with Crippen LogP contribution >= 0.6 is 11.6 Å². The minimum Gasteiger partial charge on any atom is -0.379 e. The normalized spacial score (nSPS) is 20.1. The number of rotatable bonds is 2. The molecule has 1 aromatic rings. The number of nitrogens with zero attached hydrogens (tertiary/aromatic N) is 2. The molecular formula is C14H22ClN3O2. The predicted octanol–water partition coefficient (Wildman–Crippen LogP) is 1.17. The summed E-state index contributed by atoms with van der Waals surface area (Å²) in [7, 11) is 0. The molecule has 0 unspecified atom stereocenters. The van der Waals surface area contributed by atoms with E-state index >= 15 is 0 Å². The second kappa shape index (κ2) is 9.26. The molecule has 0 bridgehead atoms. The zero-order valence-electron chi connectivity index (χ0n) is 11.7. The molecule has 0 spiro atoms. The van der Waals surface area contributed by atoms with Gasteiger partial charge in [-0.1, -0.05) is 17.7 Å². The summed E-state index contributed by atoms with van der Waals surface area (Å²) in [5, 5.41) is 3.71. The minimum absolute atomic E-state index is 0.552. The third-order valence-corrected chi connectivity index (χ3v) is 3.37. The van der Waals surface area contributed by atoms with Crippen molar-refractivity contribution in [3.05, 3.63) is 29.0 Å². The first-order valence-corrected chi connectivity index (χ1v) is 7.41. The van der Waals surface area contributed by atoms with Crippen molar-refractivity contribution >= 4 is 11.6 Å². The molecular weight excluding hydrogens is 278 g/mol. The average molecular weight is 300 g/mol. The lowest BCUT2D eigenvalue weighted by Gasteiger charge is -2.26. The van der Waals surface area contributed by atoms with Crippen LogP contribution in [0.5, 0.6) is 0 Å². The fourth-order valence-corrected chi connectivity index (χ4v) is 2.14. The topological polar surface area (TPSA) is 46.6 Å². The molecule has 2 saturated heterocycles. The molecule has 0 aliphatic carbocycles. The highest BCUT2D eigenvalue weighted by molar-refractivity contribution is 6.29. The third-order valence-electron chi connectivity index (χ3n) is 3.14. The Morgan fingerprint density at radius 1 is 1.10 bits per heavy atom. The number of hydrogen-bond donors (Lipinski definition) is 1. The Kier molecular flexibility index (Phi) is 7.25. The zero-order valence-corrected chi connectivity index (χ0v) is 12.4. The van der Waals surface area contributed by atoms with Crippen molar-refractivity contribution in [2.24, 2.45) is 0 Å². The highest BCUT2D eigenvalue weighted by Crippen LogP contribution is 2.09. The maximum atomic E-state index is 5.71. The number of halogens is 1. The molecule has 6 heteroatoms. The standard InChI is InChI=1S/C10H13ClN2O.C4H9NO/c11-10-2-1-9(7-12-10)8-13-3-5-14-6-4-13;1-3-6-4-2-5-1/h1-2,7H,3-6,8H2;5H,1-4H2. The molecule has 0 amide bonds. The Bertz CT molecular complexity index is 354. The van der Waals surface area contributed by atoms with Crippen molar-refractivity contribution in [2.75, 3.05) is 52.6 Å². The van der Waals surface area contributed by atoms with Gasteiger partial charge in [0.15, 0.2) is 0 Å². The van der Waals surface area contributed by atoms with E-state index in [1.54, 1.807) is 0 Å². The van der Waals surface area contributed by atoms with Crippen LogP contribution in [0.1, 0.15) is 5.56 Å². The Morgan fingerprint density at radius 2 is 1.80 bits per heavy atom. The van der Waals surface area contributed by atoms with Crippen LogP contribution in [0.15, 0.2) is 18.3 Å². The van der Waals surface area contributed by atoms with Crippen molar-refractivity contribution in [1.29, 1.82) is 0 Å². The van der Waals surface area contributed by atoms with Gasteiger partial charge >= 0.3 is 0 Å². The summed E-state index contributed by atoms with van der Waals surface area (Å²) in [4.78, 5) is 6.41. The van der Waals surface area contributed by atoms with E-state index in [2.05, 4.69) is 15.2 Å². The van der Waals surface area contributed by atoms with Gasteiger partial charge in [-0.2, -0.15) is 0 Å². The third kappa shape index (κ3) is 6.15. The highest BCUT2D eigenvalue weighted by Gasteiger charge is 2.10. The van der Waals surface area contributed by atoms with Crippen molar-refractivity contribution in [3.8, 4) is 0 Å². The largest absolute Gasteiger partial charge is 0.379 e. The lowest BCUT2D eigenvalue weighted by molar-refractivity contribution is 0.0341. The molecule has 3 rings (SSSR count). The van der Waals surface area contributed by atoms with Crippen molar-refractivity contribution in [2.45, 2.75) is 6.54 Å². The number of morpholine rings is 2. The van der Waals surface area contributed by atoms with E-state index in [4.69, 9.17) is 21.1 Å². The smallest absolute Gasteiger partial charge is 0.129 e. The molecule has 0 atom stereocenters. The zero-order chi connectivity index (χ0) is 14.0. The number of nitrogens with one attached hydrogen (secondary N) is 1. The van der Waals surface area contributed by atoms with Crippen LogP contribution < -0.4 is 5.32 Å². The monoisotopic (exact) mass is 299 g/mol. The van der Waals surface area contributed by atoms with Gasteiger partial charge in [-0.25, -0.2) is 4.98 Å². The fourth-order valence-electron chi connectivity index (χ4n) is 2.03. The molecule has 2 fully saturated rings. The number of aromatic nitrogens is 1. The molecule has 0 aromatic carbocycles.